The minimum atomic E-state index is -0.119. The van der Waals surface area contributed by atoms with Gasteiger partial charge in [0.25, 0.3) is 11.5 Å². The lowest BCUT2D eigenvalue weighted by molar-refractivity contribution is 0.0733. The molecule has 1 amide bonds. The molecule has 2 fully saturated rings. The molecule has 0 bridgehead atoms. The number of hydrogen-bond acceptors (Lipinski definition) is 3. The fourth-order valence-corrected chi connectivity index (χ4v) is 2.95. The summed E-state index contributed by atoms with van der Waals surface area (Å²) in [4.78, 5) is 27.1. The Hall–Kier alpha value is -1.62. The lowest BCUT2D eigenvalue weighted by atomic mass is 10.1. The van der Waals surface area contributed by atoms with Crippen LogP contribution in [0.3, 0.4) is 0 Å². The predicted molar refractivity (Wildman–Crippen MR) is 81.8 cm³/mol. The monoisotopic (exact) mass is 289 g/mol. The van der Waals surface area contributed by atoms with Gasteiger partial charge in [0.2, 0.25) is 0 Å². The molecule has 0 atom stereocenters. The number of amides is 1. The van der Waals surface area contributed by atoms with Gasteiger partial charge in [-0.3, -0.25) is 9.59 Å². The normalized spacial score (nSPS) is 19.1. The summed E-state index contributed by atoms with van der Waals surface area (Å²) in [6, 6.07) is 3.98. The topological polar surface area (TPSA) is 54.3 Å². The van der Waals surface area contributed by atoms with Crippen molar-refractivity contribution in [3.8, 4) is 0 Å². The Bertz CT molecular complexity index is 596. The van der Waals surface area contributed by atoms with Gasteiger partial charge in [0.15, 0.2) is 0 Å². The summed E-state index contributed by atoms with van der Waals surface area (Å²) in [5, 5.41) is 3.22. The first-order valence-electron chi connectivity index (χ1n) is 7.85. The molecule has 5 heteroatoms. The molecule has 1 aliphatic heterocycles. The number of nitrogens with zero attached hydrogens (tertiary/aromatic N) is 2. The molecule has 1 saturated carbocycles. The Labute approximate surface area is 124 Å². The average Bonchev–Trinajstić information content (AvgIpc) is 3.31. The van der Waals surface area contributed by atoms with E-state index in [2.05, 4.69) is 19.2 Å². The maximum Gasteiger partial charge on any atom is 0.263 e. The van der Waals surface area contributed by atoms with Gasteiger partial charge in [0.1, 0.15) is 5.56 Å². The first-order valence-corrected chi connectivity index (χ1v) is 7.85. The van der Waals surface area contributed by atoms with Gasteiger partial charge in [0.05, 0.1) is 0 Å². The molecule has 3 rings (SSSR count). The Morgan fingerprint density at radius 2 is 1.90 bits per heavy atom. The fraction of sp³-hybridized carbons (Fsp3) is 0.625. The number of carbonyl (C=O) groups is 1. The summed E-state index contributed by atoms with van der Waals surface area (Å²) in [5.74, 6) is 0.174. The zero-order valence-electron chi connectivity index (χ0n) is 12.8. The molecule has 0 aromatic carbocycles. The SMILES string of the molecule is CC(C)c1ccc(C(=O)N2CCNCC2)c(=O)n1C1CC1. The van der Waals surface area contributed by atoms with E-state index in [0.29, 0.717) is 30.6 Å². The number of hydrogen-bond donors (Lipinski definition) is 1. The fourth-order valence-electron chi connectivity index (χ4n) is 2.95. The van der Waals surface area contributed by atoms with Gasteiger partial charge in [-0.1, -0.05) is 13.8 Å². The number of pyridine rings is 1. The average molecular weight is 289 g/mol. The molecule has 1 aromatic rings. The molecule has 1 aliphatic carbocycles. The lowest BCUT2D eigenvalue weighted by Gasteiger charge is -2.27. The second-order valence-electron chi connectivity index (χ2n) is 6.28. The molecule has 0 unspecified atom stereocenters. The summed E-state index contributed by atoms with van der Waals surface area (Å²) < 4.78 is 1.86. The van der Waals surface area contributed by atoms with E-state index in [0.717, 1.165) is 31.6 Å². The van der Waals surface area contributed by atoms with E-state index < -0.39 is 0 Å². The van der Waals surface area contributed by atoms with Gasteiger partial charge >= 0.3 is 0 Å². The van der Waals surface area contributed by atoms with Crippen LogP contribution in [0.5, 0.6) is 0 Å². The standard InChI is InChI=1S/C16H23N3O2/c1-11(2)14-6-5-13(16(21)19(14)12-3-4-12)15(20)18-9-7-17-8-10-18/h5-6,11-12,17H,3-4,7-10H2,1-2H3. The summed E-state index contributed by atoms with van der Waals surface area (Å²) in [6.45, 7) is 7.12. The molecule has 1 N–H and O–H groups in total. The van der Waals surface area contributed by atoms with E-state index >= 15 is 0 Å². The smallest absolute Gasteiger partial charge is 0.263 e. The summed E-state index contributed by atoms with van der Waals surface area (Å²) in [5.41, 5.74) is 1.26. The molecule has 1 aromatic heterocycles. The number of piperazine rings is 1. The van der Waals surface area contributed by atoms with Crippen molar-refractivity contribution in [2.75, 3.05) is 26.2 Å². The molecule has 21 heavy (non-hydrogen) atoms. The summed E-state index contributed by atoms with van der Waals surface area (Å²) in [7, 11) is 0. The highest BCUT2D eigenvalue weighted by molar-refractivity contribution is 5.94. The van der Waals surface area contributed by atoms with Crippen LogP contribution in [0, 0.1) is 0 Å². The third kappa shape index (κ3) is 2.75. The third-order valence-electron chi connectivity index (χ3n) is 4.29. The van der Waals surface area contributed by atoms with Crippen LogP contribution in [-0.2, 0) is 0 Å². The van der Waals surface area contributed by atoms with Crippen molar-refractivity contribution in [2.45, 2.75) is 38.6 Å². The van der Waals surface area contributed by atoms with Crippen LogP contribution in [0.25, 0.3) is 0 Å². The first kappa shape index (κ1) is 14.3. The Morgan fingerprint density at radius 3 is 2.48 bits per heavy atom. The molecule has 0 spiro atoms. The molecular weight excluding hydrogens is 266 g/mol. The van der Waals surface area contributed by atoms with Gasteiger partial charge in [-0.25, -0.2) is 0 Å². The number of nitrogens with one attached hydrogen (secondary N) is 1. The number of carbonyl (C=O) groups excluding carboxylic acids is 1. The first-order chi connectivity index (χ1) is 10.1. The molecular formula is C16H23N3O2. The second kappa shape index (κ2) is 5.64. The van der Waals surface area contributed by atoms with Gasteiger partial charge < -0.3 is 14.8 Å². The molecule has 0 radical (unpaired) electrons. The highest BCUT2D eigenvalue weighted by Gasteiger charge is 2.30. The van der Waals surface area contributed by atoms with Gasteiger partial charge in [0, 0.05) is 37.9 Å². The van der Waals surface area contributed by atoms with Gasteiger partial charge in [-0.15, -0.1) is 0 Å². The third-order valence-corrected chi connectivity index (χ3v) is 4.29. The van der Waals surface area contributed by atoms with Crippen LogP contribution in [0.2, 0.25) is 0 Å². The van der Waals surface area contributed by atoms with E-state index in [1.807, 2.05) is 10.6 Å². The van der Waals surface area contributed by atoms with Crippen LogP contribution < -0.4 is 10.9 Å². The largest absolute Gasteiger partial charge is 0.336 e. The van der Waals surface area contributed by atoms with Crippen molar-refractivity contribution >= 4 is 5.91 Å². The number of rotatable bonds is 3. The Balaban J connectivity index is 1.97. The van der Waals surface area contributed by atoms with Gasteiger partial charge in [-0.2, -0.15) is 0 Å². The van der Waals surface area contributed by atoms with Crippen molar-refractivity contribution in [1.82, 2.24) is 14.8 Å². The van der Waals surface area contributed by atoms with Crippen LogP contribution in [0.4, 0.5) is 0 Å². The molecule has 1 saturated heterocycles. The summed E-state index contributed by atoms with van der Waals surface area (Å²) >= 11 is 0. The highest BCUT2D eigenvalue weighted by Crippen LogP contribution is 2.36. The maximum absolute atomic E-state index is 12.8. The highest BCUT2D eigenvalue weighted by atomic mass is 16.2. The van der Waals surface area contributed by atoms with E-state index in [4.69, 9.17) is 0 Å². The van der Waals surface area contributed by atoms with E-state index in [9.17, 15) is 9.59 Å². The molecule has 2 heterocycles. The Morgan fingerprint density at radius 1 is 1.24 bits per heavy atom. The van der Waals surface area contributed by atoms with E-state index in [1.54, 1.807) is 11.0 Å². The second-order valence-corrected chi connectivity index (χ2v) is 6.28. The number of aromatic nitrogens is 1. The summed E-state index contributed by atoms with van der Waals surface area (Å²) in [6.07, 6.45) is 2.09. The van der Waals surface area contributed by atoms with Crippen LogP contribution >= 0.6 is 0 Å². The van der Waals surface area contributed by atoms with E-state index in [1.165, 1.54) is 0 Å². The zero-order chi connectivity index (χ0) is 15.0. The van der Waals surface area contributed by atoms with Gasteiger partial charge in [-0.05, 0) is 30.9 Å². The van der Waals surface area contributed by atoms with Crippen molar-refractivity contribution in [3.63, 3.8) is 0 Å². The molecule has 5 nitrogen and oxygen atoms in total. The Kier molecular flexibility index (Phi) is 3.85. The van der Waals surface area contributed by atoms with Crippen molar-refractivity contribution < 1.29 is 4.79 Å². The maximum atomic E-state index is 12.8. The minimum Gasteiger partial charge on any atom is -0.336 e. The minimum absolute atomic E-state index is 0.104. The zero-order valence-corrected chi connectivity index (χ0v) is 12.8. The quantitative estimate of drug-likeness (QED) is 0.914. The van der Waals surface area contributed by atoms with Crippen LogP contribution in [-0.4, -0.2) is 41.6 Å². The van der Waals surface area contributed by atoms with Crippen molar-refractivity contribution in [3.05, 3.63) is 33.7 Å². The van der Waals surface area contributed by atoms with Crippen molar-refractivity contribution in [1.29, 1.82) is 0 Å². The van der Waals surface area contributed by atoms with Crippen LogP contribution in [0.15, 0.2) is 16.9 Å². The van der Waals surface area contributed by atoms with E-state index in [-0.39, 0.29) is 11.5 Å². The molecule has 114 valence electrons. The van der Waals surface area contributed by atoms with Crippen molar-refractivity contribution in [2.24, 2.45) is 0 Å². The molecule has 2 aliphatic rings. The lowest BCUT2D eigenvalue weighted by Crippen LogP contribution is -2.48. The van der Waals surface area contributed by atoms with Crippen LogP contribution in [0.1, 0.15) is 54.7 Å². The predicted octanol–water partition coefficient (Wildman–Crippen LogP) is 1.35.